The minimum absolute atomic E-state index is 0.359. The second-order valence-electron chi connectivity index (χ2n) is 2.81. The minimum Gasteiger partial charge on any atom is -0.341 e. The molecule has 2 nitrogen and oxygen atoms in total. The molecule has 0 atom stereocenters. The molecule has 0 bridgehead atoms. The van der Waals surface area contributed by atoms with Gasteiger partial charge in [0, 0.05) is 12.2 Å². The van der Waals surface area contributed by atoms with E-state index in [2.05, 4.69) is 0 Å². The molecule has 1 aromatic rings. The Hall–Kier alpha value is -0.760. The van der Waals surface area contributed by atoms with Crippen LogP contribution in [-0.2, 0) is 0 Å². The first-order valence-corrected chi connectivity index (χ1v) is 4.03. The van der Waals surface area contributed by atoms with Crippen molar-refractivity contribution in [2.24, 2.45) is 0 Å². The number of nitrogens with zero attached hydrogens (tertiary/aromatic N) is 1. The highest BCUT2D eigenvalue weighted by Gasteiger charge is 2.25. The van der Waals surface area contributed by atoms with E-state index in [1.807, 2.05) is 16.8 Å². The van der Waals surface area contributed by atoms with Gasteiger partial charge in [-0.1, -0.05) is 0 Å². The molecular weight excluding hydrogens is 162 g/mol. The second kappa shape index (κ2) is 2.38. The van der Waals surface area contributed by atoms with E-state index in [0.717, 1.165) is 0 Å². The third kappa shape index (κ3) is 1.18. The van der Waals surface area contributed by atoms with Crippen molar-refractivity contribution in [3.05, 3.63) is 24.0 Å². The van der Waals surface area contributed by atoms with E-state index in [0.29, 0.717) is 11.7 Å². The molecule has 1 aromatic heterocycles. The van der Waals surface area contributed by atoms with Crippen molar-refractivity contribution in [2.45, 2.75) is 18.9 Å². The van der Waals surface area contributed by atoms with E-state index in [-0.39, 0.29) is 5.24 Å². The van der Waals surface area contributed by atoms with Crippen LogP contribution in [0.3, 0.4) is 0 Å². The average Bonchev–Trinajstić information content (AvgIpc) is 2.68. The number of rotatable bonds is 2. The standard InChI is InChI=1S/C8H8ClNO/c9-8(11)7-2-1-5-10(7)6-3-4-6/h1-2,5-6H,3-4H2. The zero-order chi connectivity index (χ0) is 7.84. The fraction of sp³-hybridized carbons (Fsp3) is 0.375. The van der Waals surface area contributed by atoms with E-state index in [9.17, 15) is 4.79 Å². The lowest BCUT2D eigenvalue weighted by atomic mass is 10.4. The summed E-state index contributed by atoms with van der Waals surface area (Å²) in [4.78, 5) is 10.8. The second-order valence-corrected chi connectivity index (χ2v) is 3.15. The zero-order valence-corrected chi connectivity index (χ0v) is 6.71. The number of hydrogen-bond donors (Lipinski definition) is 0. The predicted octanol–water partition coefficient (Wildman–Crippen LogP) is 2.20. The van der Waals surface area contributed by atoms with Gasteiger partial charge >= 0.3 is 0 Å². The van der Waals surface area contributed by atoms with E-state index >= 15 is 0 Å². The van der Waals surface area contributed by atoms with Crippen molar-refractivity contribution in [3.8, 4) is 0 Å². The van der Waals surface area contributed by atoms with Crippen molar-refractivity contribution in [1.82, 2.24) is 4.57 Å². The molecule has 0 saturated heterocycles. The smallest absolute Gasteiger partial charge is 0.268 e. The fourth-order valence-electron chi connectivity index (χ4n) is 1.23. The summed E-state index contributed by atoms with van der Waals surface area (Å²) in [6.07, 6.45) is 4.25. The lowest BCUT2D eigenvalue weighted by Gasteiger charge is -2.01. The Kier molecular flexibility index (Phi) is 1.50. The molecule has 1 aliphatic carbocycles. The first-order chi connectivity index (χ1) is 5.29. The molecule has 58 valence electrons. The third-order valence-corrected chi connectivity index (χ3v) is 2.11. The predicted molar refractivity (Wildman–Crippen MR) is 42.9 cm³/mol. The summed E-state index contributed by atoms with van der Waals surface area (Å²) in [6.45, 7) is 0. The van der Waals surface area contributed by atoms with Crippen molar-refractivity contribution in [3.63, 3.8) is 0 Å². The summed E-state index contributed by atoms with van der Waals surface area (Å²) in [5.41, 5.74) is 0.620. The molecule has 11 heavy (non-hydrogen) atoms. The Labute approximate surface area is 69.8 Å². The third-order valence-electron chi connectivity index (χ3n) is 1.92. The molecule has 1 aliphatic rings. The molecule has 0 amide bonds. The lowest BCUT2D eigenvalue weighted by Crippen LogP contribution is -2.01. The largest absolute Gasteiger partial charge is 0.341 e. The number of halogens is 1. The van der Waals surface area contributed by atoms with E-state index < -0.39 is 0 Å². The highest BCUT2D eigenvalue weighted by molar-refractivity contribution is 6.67. The Morgan fingerprint density at radius 3 is 2.91 bits per heavy atom. The molecule has 1 saturated carbocycles. The van der Waals surface area contributed by atoms with Crippen molar-refractivity contribution in [2.75, 3.05) is 0 Å². The monoisotopic (exact) mass is 169 g/mol. The van der Waals surface area contributed by atoms with Gasteiger partial charge in [0.1, 0.15) is 5.69 Å². The molecule has 1 heterocycles. The van der Waals surface area contributed by atoms with Gasteiger partial charge in [0.2, 0.25) is 0 Å². The van der Waals surface area contributed by atoms with E-state index in [4.69, 9.17) is 11.6 Å². The van der Waals surface area contributed by atoms with E-state index in [1.54, 1.807) is 6.07 Å². The summed E-state index contributed by atoms with van der Waals surface area (Å²) >= 11 is 5.36. The number of hydrogen-bond acceptors (Lipinski definition) is 1. The van der Waals surface area contributed by atoms with Crippen LogP contribution in [0.5, 0.6) is 0 Å². The van der Waals surface area contributed by atoms with Crippen molar-refractivity contribution >= 4 is 16.8 Å². The summed E-state index contributed by atoms with van der Waals surface area (Å²) in [6, 6.07) is 4.14. The molecule has 2 rings (SSSR count). The quantitative estimate of drug-likeness (QED) is 0.623. The molecule has 0 spiro atoms. The molecule has 0 aromatic carbocycles. The maximum Gasteiger partial charge on any atom is 0.268 e. The minimum atomic E-state index is -0.359. The number of carbonyl (C=O) groups excluding carboxylic acids is 1. The van der Waals surface area contributed by atoms with Crippen LogP contribution in [0.1, 0.15) is 29.4 Å². The average molecular weight is 170 g/mol. The van der Waals surface area contributed by atoms with Crippen LogP contribution in [0.2, 0.25) is 0 Å². The van der Waals surface area contributed by atoms with Gasteiger partial charge < -0.3 is 4.57 Å². The fourth-order valence-corrected chi connectivity index (χ4v) is 1.39. The summed E-state index contributed by atoms with van der Waals surface area (Å²) in [5.74, 6) is 0. The Morgan fingerprint density at radius 2 is 2.36 bits per heavy atom. The Morgan fingerprint density at radius 1 is 1.64 bits per heavy atom. The van der Waals surface area contributed by atoms with Gasteiger partial charge in [0.05, 0.1) is 0 Å². The maximum atomic E-state index is 10.8. The Bertz CT molecular complexity index is 288. The normalized spacial score (nSPS) is 16.8. The van der Waals surface area contributed by atoms with Crippen LogP contribution >= 0.6 is 11.6 Å². The highest BCUT2D eigenvalue weighted by atomic mass is 35.5. The van der Waals surface area contributed by atoms with Gasteiger partial charge in [-0.25, -0.2) is 0 Å². The van der Waals surface area contributed by atoms with Gasteiger partial charge in [-0.15, -0.1) is 0 Å². The van der Waals surface area contributed by atoms with Gasteiger partial charge in [-0.3, -0.25) is 4.79 Å². The van der Waals surface area contributed by atoms with Crippen molar-refractivity contribution < 1.29 is 4.79 Å². The molecule has 1 fully saturated rings. The topological polar surface area (TPSA) is 22.0 Å². The molecule has 0 aliphatic heterocycles. The van der Waals surface area contributed by atoms with Crippen LogP contribution in [0, 0.1) is 0 Å². The molecular formula is C8H8ClNO. The van der Waals surface area contributed by atoms with Crippen LogP contribution in [0.25, 0.3) is 0 Å². The Balaban J connectivity index is 2.37. The van der Waals surface area contributed by atoms with Gasteiger partial charge in [0.15, 0.2) is 0 Å². The SMILES string of the molecule is O=C(Cl)c1cccn1C1CC1. The zero-order valence-electron chi connectivity index (χ0n) is 5.96. The van der Waals surface area contributed by atoms with Crippen LogP contribution in [-0.4, -0.2) is 9.81 Å². The van der Waals surface area contributed by atoms with Crippen LogP contribution < -0.4 is 0 Å². The summed E-state index contributed by atoms with van der Waals surface area (Å²) < 4.78 is 1.95. The molecule has 0 unspecified atom stereocenters. The van der Waals surface area contributed by atoms with Crippen molar-refractivity contribution in [1.29, 1.82) is 0 Å². The van der Waals surface area contributed by atoms with Crippen LogP contribution in [0.4, 0.5) is 0 Å². The summed E-state index contributed by atoms with van der Waals surface area (Å²) in [7, 11) is 0. The molecule has 3 heteroatoms. The lowest BCUT2D eigenvalue weighted by molar-refractivity contribution is 0.107. The first-order valence-electron chi connectivity index (χ1n) is 3.65. The van der Waals surface area contributed by atoms with Gasteiger partial charge in [-0.2, -0.15) is 0 Å². The van der Waals surface area contributed by atoms with Crippen LogP contribution in [0.15, 0.2) is 18.3 Å². The number of carbonyl (C=O) groups is 1. The number of aromatic nitrogens is 1. The van der Waals surface area contributed by atoms with E-state index in [1.165, 1.54) is 12.8 Å². The highest BCUT2D eigenvalue weighted by Crippen LogP contribution is 2.36. The van der Waals surface area contributed by atoms with Gasteiger partial charge in [-0.05, 0) is 36.6 Å². The molecule has 0 radical (unpaired) electrons. The first kappa shape index (κ1) is 6.92. The van der Waals surface area contributed by atoms with Gasteiger partial charge in [0.25, 0.3) is 5.24 Å². The maximum absolute atomic E-state index is 10.8. The molecule has 0 N–H and O–H groups in total. The summed E-state index contributed by atoms with van der Waals surface area (Å²) in [5, 5.41) is -0.359.